The number of nitrogens with zero attached hydrogens (tertiary/aromatic N) is 10. The minimum atomic E-state index is -1.12. The molecule has 6 aliphatic rings. The number of nitrogens with one attached hydrogen (secondary N) is 2. The van der Waals surface area contributed by atoms with Gasteiger partial charge in [-0.05, 0) is 99.5 Å². The maximum atomic E-state index is 13.6. The second-order valence-electron chi connectivity index (χ2n) is 18.9. The van der Waals surface area contributed by atoms with Crippen molar-refractivity contribution in [1.82, 2.24) is 44.3 Å². The molecular weight excluding hydrogens is 837 g/mol. The van der Waals surface area contributed by atoms with Gasteiger partial charge in [0.05, 0.1) is 12.2 Å². The van der Waals surface area contributed by atoms with Crippen molar-refractivity contribution in [3.63, 3.8) is 0 Å². The average Bonchev–Trinajstić information content (AvgIpc) is 4.03. The van der Waals surface area contributed by atoms with Gasteiger partial charge in [0.15, 0.2) is 11.5 Å². The molecule has 0 saturated carbocycles. The summed E-state index contributed by atoms with van der Waals surface area (Å²) >= 11 is 0. The van der Waals surface area contributed by atoms with Crippen molar-refractivity contribution in [2.24, 2.45) is 0 Å². The second kappa shape index (κ2) is 17.1. The lowest BCUT2D eigenvalue weighted by Crippen LogP contribution is -2.52. The van der Waals surface area contributed by atoms with Crippen LogP contribution in [0.15, 0.2) is 83.8 Å². The Hall–Kier alpha value is -6.43. The third-order valence-corrected chi connectivity index (χ3v) is 14.8. The van der Waals surface area contributed by atoms with Gasteiger partial charge in [-0.1, -0.05) is 24.3 Å². The highest BCUT2D eigenvalue weighted by Crippen LogP contribution is 2.33. The number of aliphatic hydroxyl groups is 1. The first kappa shape index (κ1) is 42.2. The molecule has 0 radical (unpaired) electrons. The number of benzene rings is 2. The molecule has 3 N–H and O–H groups in total. The summed E-state index contributed by atoms with van der Waals surface area (Å²) in [7, 11) is 0. The highest BCUT2D eigenvalue weighted by atomic mass is 16.3. The SMILES string of the molecule is C[C@@]1(O)CC/C=C\Cn2c(=O)c3cnc(Nc4ccc(N5CCC(N6CCC(N7CCN(c8ccc9c(c8)C(=O)N(C8CCC(=O)NC8=O)C9)CC7)C6)CC5)cc4)nc3n2-c2cccc1n2. The summed E-state index contributed by atoms with van der Waals surface area (Å²) in [5, 5.41) is 17.3. The monoisotopic (exact) mass is 892 g/mol. The Morgan fingerprint density at radius 3 is 2.38 bits per heavy atom. The first-order valence-corrected chi connectivity index (χ1v) is 23.5. The molecule has 342 valence electrons. The molecule has 2 bridgehead atoms. The number of carbonyl (C=O) groups is 3. The first-order chi connectivity index (χ1) is 32.1. The van der Waals surface area contributed by atoms with Crippen molar-refractivity contribution in [3.05, 3.63) is 106 Å². The van der Waals surface area contributed by atoms with Crippen molar-refractivity contribution in [2.75, 3.05) is 67.5 Å². The van der Waals surface area contributed by atoms with Gasteiger partial charge in [0, 0.05) is 106 Å². The maximum absolute atomic E-state index is 13.6. The molecular formula is C49H56N12O5. The van der Waals surface area contributed by atoms with Gasteiger partial charge in [0.25, 0.3) is 11.5 Å². The van der Waals surface area contributed by atoms with E-state index in [9.17, 15) is 24.3 Å². The number of piperidine rings is 2. The number of rotatable bonds is 7. The summed E-state index contributed by atoms with van der Waals surface area (Å²) < 4.78 is 3.33. The van der Waals surface area contributed by atoms with Crippen molar-refractivity contribution in [2.45, 2.75) is 88.7 Å². The molecule has 3 aromatic heterocycles. The number of hydrogen-bond donors (Lipinski definition) is 3. The third-order valence-electron chi connectivity index (χ3n) is 14.8. The van der Waals surface area contributed by atoms with Crippen molar-refractivity contribution in [3.8, 4) is 5.82 Å². The van der Waals surface area contributed by atoms with E-state index < -0.39 is 11.6 Å². The largest absolute Gasteiger partial charge is 0.384 e. The zero-order chi connectivity index (χ0) is 45.1. The fraction of sp³-hybridized carbons (Fsp3) is 0.449. The lowest BCUT2D eigenvalue weighted by atomic mass is 9.95. The number of allylic oxidation sites excluding steroid dienone is 2. The number of hydrogen-bond acceptors (Lipinski definition) is 13. The second-order valence-corrected chi connectivity index (χ2v) is 18.9. The van der Waals surface area contributed by atoms with Gasteiger partial charge >= 0.3 is 0 Å². The standard InChI is InChI=1S/C49H56N12O5/c1-49(66)19-3-2-4-20-60-47(65)39-29-50-48(54-44(39)61(60)42-7-5-6-41(49)52-42)51-33-9-12-34(13-10-33)55-21-16-35(17-22-55)58-23-18-37(31-58)57-26-24-56(25-27-57)36-11-8-32-30-59(46(64)38(32)28-36)40-14-15-43(62)53-45(40)63/h2,4-13,28-29,35,37,40,66H,3,14-27,30-31H2,1H3,(H,50,51,54)(H,53,62,63)/b4-2-/t37?,40?,49-/m1/s1. The van der Waals surface area contributed by atoms with Gasteiger partial charge in [-0.25, -0.2) is 19.3 Å². The molecule has 66 heavy (non-hydrogen) atoms. The molecule has 0 aliphatic carbocycles. The zero-order valence-corrected chi connectivity index (χ0v) is 37.3. The van der Waals surface area contributed by atoms with Crippen LogP contribution in [0.2, 0.25) is 0 Å². The Morgan fingerprint density at radius 1 is 0.803 bits per heavy atom. The minimum absolute atomic E-state index is 0.126. The van der Waals surface area contributed by atoms with Crippen LogP contribution in [-0.2, 0) is 28.3 Å². The minimum Gasteiger partial charge on any atom is -0.384 e. The number of aromatic nitrogens is 5. The third kappa shape index (κ3) is 7.91. The number of piperazine rings is 1. The van der Waals surface area contributed by atoms with E-state index in [0.717, 1.165) is 82.1 Å². The first-order valence-electron chi connectivity index (χ1n) is 23.5. The number of pyridine rings is 1. The smallest absolute Gasteiger partial charge is 0.278 e. The van der Waals surface area contributed by atoms with Crippen LogP contribution in [0, 0.1) is 0 Å². The lowest BCUT2D eigenvalue weighted by Gasteiger charge is -2.40. The normalized spacial score (nSPS) is 24.9. The Morgan fingerprint density at radius 2 is 1.58 bits per heavy atom. The Bertz CT molecular complexity index is 2790. The molecule has 17 heteroatoms. The van der Waals surface area contributed by atoms with Gasteiger partial charge in [-0.2, -0.15) is 4.98 Å². The average molecular weight is 893 g/mol. The molecule has 4 fully saturated rings. The zero-order valence-electron chi connectivity index (χ0n) is 37.3. The van der Waals surface area contributed by atoms with E-state index in [1.54, 1.807) is 27.4 Å². The van der Waals surface area contributed by atoms with Gasteiger partial charge in [0.1, 0.15) is 17.0 Å². The van der Waals surface area contributed by atoms with E-state index in [4.69, 9.17) is 9.97 Å². The summed E-state index contributed by atoms with van der Waals surface area (Å²) in [4.78, 5) is 77.2. The predicted octanol–water partition coefficient (Wildman–Crippen LogP) is 3.90. The maximum Gasteiger partial charge on any atom is 0.278 e. The summed E-state index contributed by atoms with van der Waals surface area (Å²) in [5.74, 6) is 0.0929. The van der Waals surface area contributed by atoms with Gasteiger partial charge in [-0.15, -0.1) is 0 Å². The highest BCUT2D eigenvalue weighted by molar-refractivity contribution is 6.05. The Kier molecular flexibility index (Phi) is 10.9. The van der Waals surface area contributed by atoms with Crippen LogP contribution in [0.3, 0.4) is 0 Å². The molecule has 2 unspecified atom stereocenters. The van der Waals surface area contributed by atoms with Crippen molar-refractivity contribution < 1.29 is 19.5 Å². The number of imide groups is 1. The Labute approximate surface area is 382 Å². The molecule has 2 aromatic carbocycles. The van der Waals surface area contributed by atoms with Crippen LogP contribution in [0.25, 0.3) is 16.9 Å². The molecule has 3 amide bonds. The lowest BCUT2D eigenvalue weighted by molar-refractivity contribution is -0.136. The number of amides is 3. The van der Waals surface area contributed by atoms with Crippen molar-refractivity contribution in [1.29, 1.82) is 0 Å². The van der Waals surface area contributed by atoms with Crippen LogP contribution < -0.4 is 26.0 Å². The highest BCUT2D eigenvalue weighted by Gasteiger charge is 2.40. The molecule has 4 saturated heterocycles. The van der Waals surface area contributed by atoms with E-state index >= 15 is 0 Å². The molecule has 0 spiro atoms. The predicted molar refractivity (Wildman–Crippen MR) is 250 cm³/mol. The summed E-state index contributed by atoms with van der Waals surface area (Å²) in [6.45, 7) is 10.5. The van der Waals surface area contributed by atoms with Crippen LogP contribution >= 0.6 is 0 Å². The number of carbonyl (C=O) groups excluding carboxylic acids is 3. The van der Waals surface area contributed by atoms with Gasteiger partial charge in [0.2, 0.25) is 17.8 Å². The van der Waals surface area contributed by atoms with Crippen molar-refractivity contribution >= 4 is 51.8 Å². The van der Waals surface area contributed by atoms with Crippen LogP contribution in [-0.4, -0.2) is 132 Å². The van der Waals surface area contributed by atoms with Crippen LogP contribution in [0.1, 0.15) is 73.5 Å². The van der Waals surface area contributed by atoms with Gasteiger partial charge < -0.3 is 25.1 Å². The molecule has 17 nitrogen and oxygen atoms in total. The fourth-order valence-corrected chi connectivity index (χ4v) is 11.0. The summed E-state index contributed by atoms with van der Waals surface area (Å²) in [6, 6.07) is 20.5. The molecule has 11 rings (SSSR count). The van der Waals surface area contributed by atoms with E-state index in [1.165, 1.54) is 12.1 Å². The quantitative estimate of drug-likeness (QED) is 0.159. The van der Waals surface area contributed by atoms with E-state index in [-0.39, 0.29) is 29.7 Å². The summed E-state index contributed by atoms with van der Waals surface area (Å²) in [5.41, 5.74) is 4.34. The van der Waals surface area contributed by atoms with Crippen LogP contribution in [0.5, 0.6) is 0 Å². The van der Waals surface area contributed by atoms with Gasteiger partial charge in [-0.3, -0.25) is 34.3 Å². The van der Waals surface area contributed by atoms with E-state index in [1.807, 2.05) is 54.6 Å². The fourth-order valence-electron chi connectivity index (χ4n) is 11.0. The molecule has 6 aliphatic heterocycles. The topological polar surface area (TPSA) is 177 Å². The summed E-state index contributed by atoms with van der Waals surface area (Å²) in [6.07, 6.45) is 10.7. The van der Waals surface area contributed by atoms with E-state index in [2.05, 4.69) is 53.4 Å². The number of likely N-dealkylation sites (tertiary alicyclic amines) is 1. The van der Waals surface area contributed by atoms with Crippen LogP contribution in [0.4, 0.5) is 23.0 Å². The number of fused-ring (bicyclic) bond motifs is 7. The Balaban J connectivity index is 0.675. The molecule has 5 aromatic rings. The molecule has 3 atom stereocenters. The number of anilines is 4. The molecule has 9 heterocycles. The van der Waals surface area contributed by atoms with E-state index in [0.29, 0.717) is 78.5 Å².